The second-order valence-corrected chi connectivity index (χ2v) is 3.59. The minimum Gasteiger partial charge on any atom is -0.378 e. The lowest BCUT2D eigenvalue weighted by Gasteiger charge is -2.29. The molecule has 2 aromatic heterocycles. The van der Waals surface area contributed by atoms with Gasteiger partial charge >= 0.3 is 0 Å². The minimum atomic E-state index is 0.266. The first-order valence-electron chi connectivity index (χ1n) is 5.13. The number of morpholine rings is 1. The van der Waals surface area contributed by atoms with Gasteiger partial charge in [0, 0.05) is 0 Å². The maximum Gasteiger partial charge on any atom is 0.222 e. The van der Waals surface area contributed by atoms with Crippen molar-refractivity contribution < 1.29 is 4.74 Å². The average Bonchev–Trinajstić information content (AvgIpc) is 2.73. The van der Waals surface area contributed by atoms with E-state index < -0.39 is 0 Å². The van der Waals surface area contributed by atoms with Crippen LogP contribution in [0, 0.1) is 0 Å². The Morgan fingerprint density at radius 3 is 2.88 bits per heavy atom. The highest BCUT2D eigenvalue weighted by atomic mass is 16.5. The maximum atomic E-state index is 5.57. The summed E-state index contributed by atoms with van der Waals surface area (Å²) in [5.41, 5.74) is 7.07. The molecule has 2 aromatic rings. The van der Waals surface area contributed by atoms with E-state index in [9.17, 15) is 0 Å². The third-order valence-electron chi connectivity index (χ3n) is 2.58. The van der Waals surface area contributed by atoms with Gasteiger partial charge in [0.15, 0.2) is 5.65 Å². The molecule has 84 valence electrons. The normalized spacial score (nSPS) is 16.9. The van der Waals surface area contributed by atoms with Crippen molar-refractivity contribution in [2.75, 3.05) is 37.0 Å². The number of fused-ring (bicyclic) bond motifs is 1. The van der Waals surface area contributed by atoms with E-state index in [2.05, 4.69) is 20.0 Å². The largest absolute Gasteiger partial charge is 0.378 e. The van der Waals surface area contributed by atoms with Crippen LogP contribution in [0.4, 0.5) is 5.95 Å². The third-order valence-corrected chi connectivity index (χ3v) is 2.58. The topological polar surface area (TPSA) is 82.1 Å². The first-order valence-corrected chi connectivity index (χ1v) is 5.13. The van der Waals surface area contributed by atoms with Crippen LogP contribution in [0.25, 0.3) is 11.2 Å². The fraction of sp³-hybridized carbons (Fsp3) is 0.444. The maximum absolute atomic E-state index is 5.57. The number of rotatable bonds is 1. The quantitative estimate of drug-likeness (QED) is 0.689. The standard InChI is InChI=1S/C9H12N6O/c10-9-11-5-7-8(13-9)15(6-12-7)14-1-3-16-4-2-14/h5-6H,1-4H2,(H2,10,11,13). The Morgan fingerprint density at radius 1 is 1.25 bits per heavy atom. The Labute approximate surface area is 91.8 Å². The SMILES string of the molecule is Nc1ncc2ncn(N3CCOCC3)c2n1. The summed E-state index contributed by atoms with van der Waals surface area (Å²) in [4.78, 5) is 12.3. The molecule has 1 aliphatic rings. The first kappa shape index (κ1) is 9.34. The Bertz CT molecular complexity index is 504. The summed E-state index contributed by atoms with van der Waals surface area (Å²) >= 11 is 0. The van der Waals surface area contributed by atoms with Crippen LogP contribution in [0.2, 0.25) is 0 Å². The second-order valence-electron chi connectivity index (χ2n) is 3.59. The number of ether oxygens (including phenoxy) is 1. The highest BCUT2D eigenvalue weighted by Gasteiger charge is 2.14. The summed E-state index contributed by atoms with van der Waals surface area (Å²) in [5, 5.41) is 2.13. The first-order chi connectivity index (χ1) is 7.84. The smallest absolute Gasteiger partial charge is 0.222 e. The second kappa shape index (κ2) is 3.60. The number of anilines is 1. The molecule has 7 nitrogen and oxygen atoms in total. The lowest BCUT2D eigenvalue weighted by Crippen LogP contribution is -2.43. The summed E-state index contributed by atoms with van der Waals surface area (Å²) in [6.45, 7) is 3.10. The Kier molecular flexibility index (Phi) is 2.10. The Morgan fingerprint density at radius 2 is 2.06 bits per heavy atom. The van der Waals surface area contributed by atoms with Gasteiger partial charge in [-0.2, -0.15) is 4.98 Å². The molecule has 2 N–H and O–H groups in total. The van der Waals surface area contributed by atoms with E-state index >= 15 is 0 Å². The number of nitrogens with zero attached hydrogens (tertiary/aromatic N) is 5. The predicted octanol–water partition coefficient (Wildman–Crippen LogP) is -0.623. The summed E-state index contributed by atoms with van der Waals surface area (Å²) in [5.74, 6) is 0.266. The lowest BCUT2D eigenvalue weighted by atomic mass is 10.5. The molecule has 3 heterocycles. The van der Waals surface area contributed by atoms with Gasteiger partial charge in [-0.25, -0.2) is 14.6 Å². The van der Waals surface area contributed by atoms with E-state index in [1.54, 1.807) is 12.5 Å². The van der Waals surface area contributed by atoms with E-state index in [0.29, 0.717) is 0 Å². The van der Waals surface area contributed by atoms with Crippen LogP contribution in [-0.2, 0) is 4.74 Å². The van der Waals surface area contributed by atoms with Crippen LogP contribution < -0.4 is 10.7 Å². The zero-order valence-corrected chi connectivity index (χ0v) is 8.70. The predicted molar refractivity (Wildman–Crippen MR) is 58.5 cm³/mol. The van der Waals surface area contributed by atoms with Crippen LogP contribution in [0.3, 0.4) is 0 Å². The van der Waals surface area contributed by atoms with Gasteiger partial charge in [-0.15, -0.1) is 0 Å². The number of hydrogen-bond acceptors (Lipinski definition) is 6. The van der Waals surface area contributed by atoms with E-state index in [1.807, 2.05) is 4.68 Å². The number of nitrogens with two attached hydrogens (primary N) is 1. The van der Waals surface area contributed by atoms with Gasteiger partial charge in [-0.1, -0.05) is 0 Å². The van der Waals surface area contributed by atoms with Crippen molar-refractivity contribution in [3.8, 4) is 0 Å². The zero-order chi connectivity index (χ0) is 11.0. The summed E-state index contributed by atoms with van der Waals surface area (Å²) in [7, 11) is 0. The van der Waals surface area contributed by atoms with E-state index in [-0.39, 0.29) is 5.95 Å². The molecule has 0 atom stereocenters. The van der Waals surface area contributed by atoms with Gasteiger partial charge in [-0.05, 0) is 0 Å². The van der Waals surface area contributed by atoms with Crippen LogP contribution in [0.15, 0.2) is 12.5 Å². The molecule has 1 aliphatic heterocycles. The molecule has 0 radical (unpaired) electrons. The monoisotopic (exact) mass is 220 g/mol. The molecule has 0 saturated carbocycles. The van der Waals surface area contributed by atoms with Gasteiger partial charge in [0.05, 0.1) is 32.5 Å². The molecule has 3 rings (SSSR count). The molecule has 0 amide bonds. The summed E-state index contributed by atoms with van der Waals surface area (Å²) in [6.07, 6.45) is 3.37. The van der Waals surface area contributed by atoms with E-state index in [0.717, 1.165) is 37.5 Å². The fourth-order valence-electron chi connectivity index (χ4n) is 1.79. The van der Waals surface area contributed by atoms with E-state index in [1.165, 1.54) is 0 Å². The van der Waals surface area contributed by atoms with Crippen LogP contribution in [0.5, 0.6) is 0 Å². The van der Waals surface area contributed by atoms with Crippen LogP contribution in [0.1, 0.15) is 0 Å². The average molecular weight is 220 g/mol. The van der Waals surface area contributed by atoms with E-state index in [4.69, 9.17) is 10.5 Å². The van der Waals surface area contributed by atoms with Crippen molar-refractivity contribution in [3.63, 3.8) is 0 Å². The number of nitrogen functional groups attached to an aromatic ring is 1. The van der Waals surface area contributed by atoms with Crippen molar-refractivity contribution in [2.24, 2.45) is 0 Å². The highest BCUT2D eigenvalue weighted by molar-refractivity contribution is 5.70. The molecular weight excluding hydrogens is 208 g/mol. The molecule has 1 saturated heterocycles. The van der Waals surface area contributed by atoms with Gasteiger partial charge < -0.3 is 15.5 Å². The van der Waals surface area contributed by atoms with Crippen molar-refractivity contribution in [1.82, 2.24) is 19.6 Å². The fourth-order valence-corrected chi connectivity index (χ4v) is 1.79. The number of aromatic nitrogens is 4. The molecule has 16 heavy (non-hydrogen) atoms. The lowest BCUT2D eigenvalue weighted by molar-refractivity contribution is 0.112. The van der Waals surface area contributed by atoms with Gasteiger partial charge in [0.25, 0.3) is 0 Å². The molecule has 7 heteroatoms. The van der Waals surface area contributed by atoms with Crippen molar-refractivity contribution in [2.45, 2.75) is 0 Å². The molecule has 0 aromatic carbocycles. The Balaban J connectivity index is 2.05. The third kappa shape index (κ3) is 1.45. The van der Waals surface area contributed by atoms with Gasteiger partial charge in [0.2, 0.25) is 5.95 Å². The highest BCUT2D eigenvalue weighted by Crippen LogP contribution is 2.11. The molecular formula is C9H12N6O. The van der Waals surface area contributed by atoms with Gasteiger partial charge in [0.1, 0.15) is 11.8 Å². The number of hydrogen-bond donors (Lipinski definition) is 1. The Hall–Kier alpha value is -1.89. The van der Waals surface area contributed by atoms with Crippen LogP contribution >= 0.6 is 0 Å². The molecule has 1 fully saturated rings. The van der Waals surface area contributed by atoms with Crippen molar-refractivity contribution in [3.05, 3.63) is 12.5 Å². The molecule has 0 bridgehead atoms. The minimum absolute atomic E-state index is 0.266. The number of imidazole rings is 1. The van der Waals surface area contributed by atoms with Crippen molar-refractivity contribution in [1.29, 1.82) is 0 Å². The zero-order valence-electron chi connectivity index (χ0n) is 8.70. The van der Waals surface area contributed by atoms with Crippen molar-refractivity contribution >= 4 is 17.1 Å². The van der Waals surface area contributed by atoms with Gasteiger partial charge in [-0.3, -0.25) is 0 Å². The molecule has 0 aliphatic carbocycles. The van der Waals surface area contributed by atoms with Crippen LogP contribution in [-0.4, -0.2) is 45.9 Å². The molecule has 0 unspecified atom stereocenters. The summed E-state index contributed by atoms with van der Waals surface area (Å²) in [6, 6.07) is 0. The molecule has 0 spiro atoms. The summed E-state index contributed by atoms with van der Waals surface area (Å²) < 4.78 is 7.21.